The van der Waals surface area contributed by atoms with Gasteiger partial charge in [-0.2, -0.15) is 5.26 Å². The smallest absolute Gasteiger partial charge is 0.307 e. The molecule has 2 atom stereocenters. The highest BCUT2D eigenvalue weighted by molar-refractivity contribution is 5.76. The normalized spacial score (nSPS) is 28.7. The van der Waals surface area contributed by atoms with Crippen LogP contribution < -0.4 is 0 Å². The maximum Gasteiger partial charge on any atom is 0.307 e. The summed E-state index contributed by atoms with van der Waals surface area (Å²) >= 11 is 0. The molecule has 1 saturated carbocycles. The highest BCUT2D eigenvalue weighted by atomic mass is 16.4. The van der Waals surface area contributed by atoms with Gasteiger partial charge in [-0.3, -0.25) is 4.79 Å². The number of hydrogen-bond acceptors (Lipinski definition) is 2. The Balaban J connectivity index is 2.86. The molecule has 1 fully saturated rings. The molecule has 3 nitrogen and oxygen atoms in total. The Morgan fingerprint density at radius 1 is 1.53 bits per heavy atom. The number of hydrogen-bond donors (Lipinski definition) is 1. The lowest BCUT2D eigenvalue weighted by Gasteiger charge is -2.02. The fourth-order valence-corrected chi connectivity index (χ4v) is 2.01. The number of nitrogens with zero attached hydrogens (tertiary/aromatic N) is 1. The summed E-state index contributed by atoms with van der Waals surface area (Å²) < 4.78 is 0. The van der Waals surface area contributed by atoms with Gasteiger partial charge < -0.3 is 5.11 Å². The van der Waals surface area contributed by atoms with Crippen LogP contribution in [0.25, 0.3) is 0 Å². The van der Waals surface area contributed by atoms with E-state index in [1.807, 2.05) is 33.8 Å². The monoisotopic (exact) mass is 207 g/mol. The molecule has 0 aliphatic heterocycles. The SMILES string of the molecule is CC(C)/C(C#N)=C/C1C(C(=O)O)C1(C)C. The largest absolute Gasteiger partial charge is 0.481 e. The van der Waals surface area contributed by atoms with Crippen LogP contribution in [0.15, 0.2) is 11.6 Å². The molecule has 0 spiro atoms. The molecule has 0 amide bonds. The average Bonchev–Trinajstić information content (AvgIpc) is 2.63. The van der Waals surface area contributed by atoms with Crippen molar-refractivity contribution in [2.24, 2.45) is 23.2 Å². The average molecular weight is 207 g/mol. The van der Waals surface area contributed by atoms with Gasteiger partial charge in [0.15, 0.2) is 0 Å². The molecule has 0 heterocycles. The van der Waals surface area contributed by atoms with Gasteiger partial charge >= 0.3 is 5.97 Å². The highest BCUT2D eigenvalue weighted by Gasteiger charge is 2.61. The summed E-state index contributed by atoms with van der Waals surface area (Å²) in [6.45, 7) is 7.75. The number of allylic oxidation sites excluding steroid dienone is 2. The summed E-state index contributed by atoms with van der Waals surface area (Å²) in [7, 11) is 0. The summed E-state index contributed by atoms with van der Waals surface area (Å²) in [6.07, 6.45) is 1.84. The van der Waals surface area contributed by atoms with E-state index in [0.717, 1.165) is 0 Å². The third-order valence-electron chi connectivity index (χ3n) is 3.29. The van der Waals surface area contributed by atoms with Gasteiger partial charge in [0.2, 0.25) is 0 Å². The van der Waals surface area contributed by atoms with E-state index in [1.165, 1.54) is 0 Å². The topological polar surface area (TPSA) is 61.1 Å². The second-order valence-corrected chi connectivity index (χ2v) is 5.05. The van der Waals surface area contributed by atoms with Crippen molar-refractivity contribution in [1.29, 1.82) is 5.26 Å². The summed E-state index contributed by atoms with van der Waals surface area (Å²) in [6, 6.07) is 2.14. The molecule has 1 N–H and O–H groups in total. The van der Waals surface area contributed by atoms with Crippen LogP contribution in [0.2, 0.25) is 0 Å². The molecular weight excluding hydrogens is 190 g/mol. The van der Waals surface area contributed by atoms with E-state index >= 15 is 0 Å². The number of rotatable bonds is 3. The number of aliphatic carboxylic acids is 1. The molecule has 3 heteroatoms. The third kappa shape index (κ3) is 2.04. The first-order valence-corrected chi connectivity index (χ1v) is 5.17. The predicted octanol–water partition coefficient (Wildman–Crippen LogP) is 2.45. The summed E-state index contributed by atoms with van der Waals surface area (Å²) in [5.74, 6) is -0.921. The van der Waals surface area contributed by atoms with Crippen LogP contribution in [0, 0.1) is 34.5 Å². The number of carbonyl (C=O) groups is 1. The van der Waals surface area contributed by atoms with Crippen LogP contribution in [0.3, 0.4) is 0 Å². The quantitative estimate of drug-likeness (QED) is 0.723. The Morgan fingerprint density at radius 3 is 2.33 bits per heavy atom. The maximum absolute atomic E-state index is 10.9. The fourth-order valence-electron chi connectivity index (χ4n) is 2.01. The second kappa shape index (κ2) is 3.69. The van der Waals surface area contributed by atoms with Crippen molar-refractivity contribution in [2.75, 3.05) is 0 Å². The summed E-state index contributed by atoms with van der Waals surface area (Å²) in [5.41, 5.74) is 0.486. The van der Waals surface area contributed by atoms with E-state index in [1.54, 1.807) is 0 Å². The Kier molecular flexibility index (Phi) is 2.90. The van der Waals surface area contributed by atoms with Gasteiger partial charge in [0.05, 0.1) is 12.0 Å². The van der Waals surface area contributed by atoms with Gasteiger partial charge in [0.1, 0.15) is 0 Å². The van der Waals surface area contributed by atoms with E-state index in [9.17, 15) is 4.79 Å². The molecule has 0 radical (unpaired) electrons. The van der Waals surface area contributed by atoms with E-state index in [0.29, 0.717) is 5.57 Å². The Hall–Kier alpha value is -1.30. The molecule has 82 valence electrons. The van der Waals surface area contributed by atoms with E-state index in [2.05, 4.69) is 6.07 Å². The van der Waals surface area contributed by atoms with Crippen molar-refractivity contribution in [3.8, 4) is 6.07 Å². The van der Waals surface area contributed by atoms with Gasteiger partial charge in [0.25, 0.3) is 0 Å². The molecule has 0 bridgehead atoms. The second-order valence-electron chi connectivity index (χ2n) is 5.05. The lowest BCUT2D eigenvalue weighted by Crippen LogP contribution is -2.03. The first kappa shape index (κ1) is 11.8. The van der Waals surface area contributed by atoms with Crippen LogP contribution in [0.1, 0.15) is 27.7 Å². The van der Waals surface area contributed by atoms with Gasteiger partial charge in [-0.1, -0.05) is 33.8 Å². The molecule has 15 heavy (non-hydrogen) atoms. The number of carboxylic acid groups (broad SMARTS) is 1. The summed E-state index contributed by atoms with van der Waals surface area (Å²) in [4.78, 5) is 10.9. The third-order valence-corrected chi connectivity index (χ3v) is 3.29. The molecule has 0 aromatic rings. The number of nitriles is 1. The Labute approximate surface area is 90.4 Å². The predicted molar refractivity (Wildman–Crippen MR) is 56.9 cm³/mol. The van der Waals surface area contributed by atoms with Gasteiger partial charge in [-0.15, -0.1) is 0 Å². The van der Waals surface area contributed by atoms with Crippen LogP contribution in [-0.4, -0.2) is 11.1 Å². The van der Waals surface area contributed by atoms with Crippen LogP contribution in [-0.2, 0) is 4.79 Å². The van der Waals surface area contributed by atoms with Crippen molar-refractivity contribution in [2.45, 2.75) is 27.7 Å². The molecule has 1 rings (SSSR count). The zero-order valence-electron chi connectivity index (χ0n) is 9.61. The minimum Gasteiger partial charge on any atom is -0.481 e. The standard InChI is InChI=1S/C12H17NO2/c1-7(2)8(6-13)5-9-10(11(14)15)12(9,3)4/h5,7,9-10H,1-4H3,(H,14,15)/b8-5+. The zero-order chi connectivity index (χ0) is 11.8. The van der Waals surface area contributed by atoms with Crippen LogP contribution >= 0.6 is 0 Å². The molecule has 1 aliphatic carbocycles. The fraction of sp³-hybridized carbons (Fsp3) is 0.667. The van der Waals surface area contributed by atoms with E-state index in [4.69, 9.17) is 10.4 Å². The molecule has 0 aromatic carbocycles. The lowest BCUT2D eigenvalue weighted by molar-refractivity contribution is -0.139. The zero-order valence-corrected chi connectivity index (χ0v) is 9.61. The van der Waals surface area contributed by atoms with Gasteiger partial charge in [-0.05, 0) is 17.3 Å². The first-order chi connectivity index (χ1) is 6.82. The lowest BCUT2D eigenvalue weighted by atomic mass is 10.0. The minimum atomic E-state index is -0.762. The van der Waals surface area contributed by atoms with Crippen LogP contribution in [0.4, 0.5) is 0 Å². The Morgan fingerprint density at radius 2 is 2.07 bits per heavy atom. The molecule has 0 saturated heterocycles. The first-order valence-electron chi connectivity index (χ1n) is 5.17. The van der Waals surface area contributed by atoms with Crippen molar-refractivity contribution in [3.05, 3.63) is 11.6 Å². The van der Waals surface area contributed by atoms with Crippen molar-refractivity contribution in [3.63, 3.8) is 0 Å². The van der Waals surface area contributed by atoms with Crippen molar-refractivity contribution in [1.82, 2.24) is 0 Å². The molecule has 0 aromatic heterocycles. The van der Waals surface area contributed by atoms with Crippen LogP contribution in [0.5, 0.6) is 0 Å². The molecular formula is C12H17NO2. The van der Waals surface area contributed by atoms with Crippen molar-refractivity contribution < 1.29 is 9.90 Å². The minimum absolute atomic E-state index is 0.00653. The van der Waals surface area contributed by atoms with E-state index < -0.39 is 5.97 Å². The van der Waals surface area contributed by atoms with Crippen molar-refractivity contribution >= 4 is 5.97 Å². The summed E-state index contributed by atoms with van der Waals surface area (Å²) in [5, 5.41) is 17.9. The Bertz CT molecular complexity index is 347. The van der Waals surface area contributed by atoms with E-state index in [-0.39, 0.29) is 23.2 Å². The maximum atomic E-state index is 10.9. The van der Waals surface area contributed by atoms with Gasteiger partial charge in [-0.25, -0.2) is 0 Å². The molecule has 2 unspecified atom stereocenters. The number of carboxylic acids is 1. The highest BCUT2D eigenvalue weighted by Crippen LogP contribution is 2.59. The molecule has 1 aliphatic rings. The van der Waals surface area contributed by atoms with Gasteiger partial charge in [0, 0.05) is 5.57 Å².